The van der Waals surface area contributed by atoms with Crippen LogP contribution in [0, 0.1) is 5.41 Å². The van der Waals surface area contributed by atoms with E-state index in [9.17, 15) is 0 Å². The van der Waals surface area contributed by atoms with Crippen molar-refractivity contribution in [3.63, 3.8) is 0 Å². The van der Waals surface area contributed by atoms with Crippen molar-refractivity contribution in [2.75, 3.05) is 13.2 Å². The van der Waals surface area contributed by atoms with E-state index in [0.29, 0.717) is 0 Å². The first kappa shape index (κ1) is 12.9. The number of hydrogen-bond donors (Lipinski definition) is 1. The highest BCUT2D eigenvalue weighted by atomic mass is 16.7. The minimum Gasteiger partial charge on any atom is -0.396 e. The molecule has 1 N–H and O–H groups in total. The Labute approximate surface area is 92.8 Å². The van der Waals surface area contributed by atoms with Gasteiger partial charge in [-0.1, -0.05) is 6.92 Å². The molecule has 0 saturated carbocycles. The van der Waals surface area contributed by atoms with E-state index in [1.165, 1.54) is 0 Å². The van der Waals surface area contributed by atoms with Crippen molar-refractivity contribution in [2.45, 2.75) is 58.8 Å². The molecule has 0 spiro atoms. The van der Waals surface area contributed by atoms with Crippen molar-refractivity contribution in [1.82, 2.24) is 0 Å². The van der Waals surface area contributed by atoms with Crippen LogP contribution in [0.4, 0.5) is 0 Å². The zero-order chi connectivity index (χ0) is 11.5. The lowest BCUT2D eigenvalue weighted by Crippen LogP contribution is -2.51. The van der Waals surface area contributed by atoms with Crippen LogP contribution in [0.15, 0.2) is 0 Å². The van der Waals surface area contributed by atoms with Crippen molar-refractivity contribution in [1.29, 1.82) is 0 Å². The normalized spacial score (nSPS) is 35.4. The Morgan fingerprint density at radius 1 is 1.40 bits per heavy atom. The largest absolute Gasteiger partial charge is 0.396 e. The van der Waals surface area contributed by atoms with Crippen molar-refractivity contribution in [3.05, 3.63) is 0 Å². The van der Waals surface area contributed by atoms with E-state index in [1.54, 1.807) is 0 Å². The van der Waals surface area contributed by atoms with E-state index >= 15 is 0 Å². The van der Waals surface area contributed by atoms with Crippen LogP contribution in [0.5, 0.6) is 0 Å². The highest BCUT2D eigenvalue weighted by Gasteiger charge is 2.43. The van der Waals surface area contributed by atoms with Gasteiger partial charge in [0.1, 0.15) is 0 Å². The molecular formula is C12H24O3. The van der Waals surface area contributed by atoms with Crippen molar-refractivity contribution in [2.24, 2.45) is 5.41 Å². The van der Waals surface area contributed by atoms with Gasteiger partial charge >= 0.3 is 0 Å². The predicted octanol–water partition coefficient (Wildman–Crippen LogP) is 2.33. The van der Waals surface area contributed by atoms with E-state index in [-0.39, 0.29) is 18.1 Å². The number of aliphatic hydroxyl groups excluding tert-OH is 1. The maximum Gasteiger partial charge on any atom is 0.163 e. The van der Waals surface area contributed by atoms with Crippen LogP contribution in [0.3, 0.4) is 0 Å². The molecule has 0 aromatic carbocycles. The minimum absolute atomic E-state index is 0.0816. The first-order chi connectivity index (χ1) is 6.96. The Morgan fingerprint density at radius 2 is 2.07 bits per heavy atom. The Hall–Kier alpha value is -0.120. The van der Waals surface area contributed by atoms with Crippen molar-refractivity contribution >= 4 is 0 Å². The van der Waals surface area contributed by atoms with Crippen LogP contribution in [0.1, 0.15) is 47.0 Å². The third-order valence-corrected chi connectivity index (χ3v) is 3.57. The Kier molecular flexibility index (Phi) is 4.15. The molecule has 90 valence electrons. The van der Waals surface area contributed by atoms with Crippen LogP contribution >= 0.6 is 0 Å². The molecule has 1 aliphatic rings. The molecule has 3 heteroatoms. The van der Waals surface area contributed by atoms with Crippen molar-refractivity contribution in [3.8, 4) is 0 Å². The van der Waals surface area contributed by atoms with Crippen LogP contribution in [-0.4, -0.2) is 30.2 Å². The maximum atomic E-state index is 8.91. The number of rotatable bonds is 4. The first-order valence-corrected chi connectivity index (χ1v) is 5.88. The Balaban J connectivity index is 2.66. The molecule has 0 bridgehead atoms. The van der Waals surface area contributed by atoms with E-state index in [0.717, 1.165) is 25.9 Å². The number of aliphatic hydroxyl groups is 1. The summed E-state index contributed by atoms with van der Waals surface area (Å²) >= 11 is 0. The summed E-state index contributed by atoms with van der Waals surface area (Å²) in [7, 11) is 0. The van der Waals surface area contributed by atoms with Gasteiger partial charge in [0.15, 0.2) is 5.79 Å². The van der Waals surface area contributed by atoms with Gasteiger partial charge in [-0.3, -0.25) is 0 Å². The molecule has 0 aromatic heterocycles. The third-order valence-electron chi connectivity index (χ3n) is 3.57. The molecule has 1 unspecified atom stereocenters. The van der Waals surface area contributed by atoms with Gasteiger partial charge in [-0.2, -0.15) is 0 Å². The Morgan fingerprint density at radius 3 is 2.53 bits per heavy atom. The lowest BCUT2D eigenvalue weighted by atomic mass is 9.76. The topological polar surface area (TPSA) is 38.7 Å². The second-order valence-corrected chi connectivity index (χ2v) is 4.99. The molecular weight excluding hydrogens is 192 g/mol. The van der Waals surface area contributed by atoms with Crippen LogP contribution < -0.4 is 0 Å². The summed E-state index contributed by atoms with van der Waals surface area (Å²) in [4.78, 5) is 0. The quantitative estimate of drug-likeness (QED) is 0.784. The molecule has 0 aromatic rings. The fourth-order valence-corrected chi connectivity index (χ4v) is 2.29. The van der Waals surface area contributed by atoms with Crippen LogP contribution in [0.2, 0.25) is 0 Å². The summed E-state index contributed by atoms with van der Waals surface area (Å²) < 4.78 is 11.6. The molecule has 1 aliphatic heterocycles. The molecule has 2 atom stereocenters. The summed E-state index contributed by atoms with van der Waals surface area (Å²) in [5.74, 6) is -0.461. The van der Waals surface area contributed by atoms with Gasteiger partial charge < -0.3 is 14.6 Å². The molecule has 3 nitrogen and oxygen atoms in total. The number of ether oxygens (including phenoxy) is 2. The average molecular weight is 216 g/mol. The fraction of sp³-hybridized carbons (Fsp3) is 1.00. The second kappa shape index (κ2) is 4.81. The summed E-state index contributed by atoms with van der Waals surface area (Å²) in [6.07, 6.45) is 3.02. The standard InChI is InChI=1S/C12H24O3/c1-5-12(7-6-8-13)9-14-11(3,4)15-10(12)2/h10,13H,5-9H2,1-4H3/t10?,12-/m1/s1. The number of hydrogen-bond acceptors (Lipinski definition) is 3. The van der Waals surface area contributed by atoms with Gasteiger partial charge in [0, 0.05) is 12.0 Å². The molecule has 0 amide bonds. The zero-order valence-electron chi connectivity index (χ0n) is 10.4. The van der Waals surface area contributed by atoms with Gasteiger partial charge in [0.05, 0.1) is 12.7 Å². The van der Waals surface area contributed by atoms with E-state index in [4.69, 9.17) is 14.6 Å². The van der Waals surface area contributed by atoms with Gasteiger partial charge in [-0.25, -0.2) is 0 Å². The maximum absolute atomic E-state index is 8.91. The first-order valence-electron chi connectivity index (χ1n) is 5.88. The smallest absolute Gasteiger partial charge is 0.163 e. The molecule has 1 rings (SSSR count). The molecule has 1 saturated heterocycles. The van der Waals surface area contributed by atoms with Gasteiger partial charge in [0.2, 0.25) is 0 Å². The van der Waals surface area contributed by atoms with Gasteiger partial charge in [0.25, 0.3) is 0 Å². The lowest BCUT2D eigenvalue weighted by Gasteiger charge is -2.48. The van der Waals surface area contributed by atoms with Crippen molar-refractivity contribution < 1.29 is 14.6 Å². The van der Waals surface area contributed by atoms with E-state index in [1.807, 2.05) is 13.8 Å². The summed E-state index contributed by atoms with van der Waals surface area (Å²) in [6.45, 7) is 9.17. The third kappa shape index (κ3) is 2.92. The highest BCUT2D eigenvalue weighted by molar-refractivity contribution is 4.88. The zero-order valence-corrected chi connectivity index (χ0v) is 10.4. The SMILES string of the molecule is CC[C@@]1(CCCO)COC(C)(C)OC1C. The fourth-order valence-electron chi connectivity index (χ4n) is 2.29. The molecule has 0 radical (unpaired) electrons. The van der Waals surface area contributed by atoms with E-state index in [2.05, 4.69) is 13.8 Å². The molecule has 1 fully saturated rings. The van der Waals surface area contributed by atoms with Crippen LogP contribution in [0.25, 0.3) is 0 Å². The summed E-state index contributed by atoms with van der Waals surface area (Å²) in [5.41, 5.74) is 0.0816. The summed E-state index contributed by atoms with van der Waals surface area (Å²) in [6, 6.07) is 0. The summed E-state index contributed by atoms with van der Waals surface area (Å²) in [5, 5.41) is 8.91. The lowest BCUT2D eigenvalue weighted by molar-refractivity contribution is -0.316. The second-order valence-electron chi connectivity index (χ2n) is 4.99. The monoisotopic (exact) mass is 216 g/mol. The Bertz CT molecular complexity index is 203. The van der Waals surface area contributed by atoms with Crippen LogP contribution in [-0.2, 0) is 9.47 Å². The minimum atomic E-state index is -0.461. The van der Waals surface area contributed by atoms with E-state index < -0.39 is 5.79 Å². The molecule has 0 aliphatic carbocycles. The van der Waals surface area contributed by atoms with Gasteiger partial charge in [-0.15, -0.1) is 0 Å². The highest BCUT2D eigenvalue weighted by Crippen LogP contribution is 2.41. The average Bonchev–Trinajstić information content (AvgIpc) is 2.17. The van der Waals surface area contributed by atoms with Gasteiger partial charge in [-0.05, 0) is 40.0 Å². The predicted molar refractivity (Wildman–Crippen MR) is 59.6 cm³/mol. The molecule has 1 heterocycles. The molecule has 15 heavy (non-hydrogen) atoms.